The summed E-state index contributed by atoms with van der Waals surface area (Å²) in [7, 11) is 1.55. The molecule has 1 aromatic heterocycles. The van der Waals surface area contributed by atoms with Gasteiger partial charge in [0.2, 0.25) is 0 Å². The van der Waals surface area contributed by atoms with Gasteiger partial charge in [-0.25, -0.2) is 0 Å². The van der Waals surface area contributed by atoms with Gasteiger partial charge >= 0.3 is 0 Å². The quantitative estimate of drug-likeness (QED) is 0.236. The SMILES string of the molecule is COc1cccc(/C=C(\NC(=O)c2ccccc2)C(=O)Nc2ccc(C(=O)/C=C/c3cccnc3)cc2)c1. The lowest BCUT2D eigenvalue weighted by Gasteiger charge is -2.12. The molecule has 0 fully saturated rings. The van der Waals surface area contributed by atoms with Crippen molar-refractivity contribution in [3.05, 3.63) is 137 Å². The van der Waals surface area contributed by atoms with Gasteiger partial charge in [-0.3, -0.25) is 19.4 Å². The molecule has 0 aliphatic heterocycles. The van der Waals surface area contributed by atoms with E-state index in [1.807, 2.05) is 6.07 Å². The fourth-order valence-corrected chi connectivity index (χ4v) is 3.50. The Morgan fingerprint density at radius 3 is 2.29 bits per heavy atom. The summed E-state index contributed by atoms with van der Waals surface area (Å²) in [6.07, 6.45) is 8.06. The zero-order valence-corrected chi connectivity index (χ0v) is 20.6. The second-order valence-corrected chi connectivity index (χ2v) is 8.17. The highest BCUT2D eigenvalue weighted by atomic mass is 16.5. The molecule has 0 atom stereocenters. The van der Waals surface area contributed by atoms with Gasteiger partial charge in [-0.05, 0) is 84.0 Å². The molecule has 188 valence electrons. The van der Waals surface area contributed by atoms with E-state index in [2.05, 4.69) is 15.6 Å². The zero-order valence-electron chi connectivity index (χ0n) is 20.6. The minimum atomic E-state index is -0.521. The molecule has 4 rings (SSSR count). The van der Waals surface area contributed by atoms with Gasteiger partial charge in [-0.1, -0.05) is 36.4 Å². The first-order valence-corrected chi connectivity index (χ1v) is 11.8. The second kappa shape index (κ2) is 12.6. The predicted octanol–water partition coefficient (Wildman–Crippen LogP) is 5.40. The third kappa shape index (κ3) is 7.11. The fourth-order valence-electron chi connectivity index (χ4n) is 3.50. The maximum absolute atomic E-state index is 13.2. The van der Waals surface area contributed by atoms with Crippen LogP contribution in [0.5, 0.6) is 5.75 Å². The topological polar surface area (TPSA) is 97.4 Å². The van der Waals surface area contributed by atoms with Gasteiger partial charge in [0.25, 0.3) is 11.8 Å². The van der Waals surface area contributed by atoms with Crippen molar-refractivity contribution in [1.82, 2.24) is 10.3 Å². The maximum Gasteiger partial charge on any atom is 0.272 e. The molecule has 0 bridgehead atoms. The molecular formula is C31H25N3O4. The van der Waals surface area contributed by atoms with Crippen LogP contribution in [-0.2, 0) is 4.79 Å². The molecule has 0 aliphatic rings. The van der Waals surface area contributed by atoms with E-state index in [-0.39, 0.29) is 11.5 Å². The van der Waals surface area contributed by atoms with Crippen LogP contribution in [-0.4, -0.2) is 29.7 Å². The number of ketones is 1. The van der Waals surface area contributed by atoms with E-state index < -0.39 is 11.8 Å². The lowest BCUT2D eigenvalue weighted by atomic mass is 10.1. The molecule has 0 aliphatic carbocycles. The molecule has 7 nitrogen and oxygen atoms in total. The molecular weight excluding hydrogens is 478 g/mol. The minimum Gasteiger partial charge on any atom is -0.497 e. The number of pyridine rings is 1. The van der Waals surface area contributed by atoms with E-state index in [1.54, 1.807) is 117 Å². The Morgan fingerprint density at radius 2 is 1.58 bits per heavy atom. The van der Waals surface area contributed by atoms with Crippen LogP contribution >= 0.6 is 0 Å². The Morgan fingerprint density at radius 1 is 0.816 bits per heavy atom. The first-order chi connectivity index (χ1) is 18.5. The molecule has 0 unspecified atom stereocenters. The minimum absolute atomic E-state index is 0.0478. The average Bonchev–Trinajstić information content (AvgIpc) is 2.97. The van der Waals surface area contributed by atoms with Crippen molar-refractivity contribution in [2.75, 3.05) is 12.4 Å². The third-order valence-electron chi connectivity index (χ3n) is 5.47. The Labute approximate surface area is 220 Å². The Bertz CT molecular complexity index is 1480. The van der Waals surface area contributed by atoms with Gasteiger partial charge in [0, 0.05) is 29.2 Å². The number of hydrogen-bond acceptors (Lipinski definition) is 5. The van der Waals surface area contributed by atoms with Crippen molar-refractivity contribution >= 4 is 35.4 Å². The van der Waals surface area contributed by atoms with E-state index in [1.165, 1.54) is 6.08 Å². The second-order valence-electron chi connectivity index (χ2n) is 8.17. The lowest BCUT2D eigenvalue weighted by molar-refractivity contribution is -0.113. The monoisotopic (exact) mass is 503 g/mol. The number of amides is 2. The summed E-state index contributed by atoms with van der Waals surface area (Å²) in [5.41, 5.74) is 2.88. The number of benzene rings is 3. The van der Waals surface area contributed by atoms with Crippen molar-refractivity contribution in [2.45, 2.75) is 0 Å². The number of ether oxygens (including phenoxy) is 1. The summed E-state index contributed by atoms with van der Waals surface area (Å²) < 4.78 is 5.26. The Balaban J connectivity index is 1.51. The molecule has 0 saturated carbocycles. The Hall–Kier alpha value is -5.30. The molecule has 0 saturated heterocycles. The number of anilines is 1. The number of methoxy groups -OCH3 is 1. The number of nitrogens with zero attached hydrogens (tertiary/aromatic N) is 1. The highest BCUT2D eigenvalue weighted by Crippen LogP contribution is 2.17. The molecule has 0 spiro atoms. The first-order valence-electron chi connectivity index (χ1n) is 11.8. The average molecular weight is 504 g/mol. The molecule has 7 heteroatoms. The van der Waals surface area contributed by atoms with Crippen molar-refractivity contribution < 1.29 is 19.1 Å². The summed E-state index contributed by atoms with van der Waals surface area (Å²) in [6, 6.07) is 25.9. The summed E-state index contributed by atoms with van der Waals surface area (Å²) in [5, 5.41) is 5.48. The zero-order chi connectivity index (χ0) is 26.7. The number of aromatic nitrogens is 1. The standard InChI is InChI=1S/C31H25N3O4/c1-38-27-11-5-7-23(19-27)20-28(34-30(36)25-9-3-2-4-10-25)31(37)33-26-15-13-24(14-16-26)29(35)17-12-22-8-6-18-32-21-22/h2-21H,1H3,(H,33,37)(H,34,36)/b17-12+,28-20-. The van der Waals surface area contributed by atoms with Crippen LogP contribution in [0, 0.1) is 0 Å². The fraction of sp³-hybridized carbons (Fsp3) is 0.0323. The molecule has 3 aromatic carbocycles. The maximum atomic E-state index is 13.2. The van der Waals surface area contributed by atoms with Gasteiger partial charge in [0.1, 0.15) is 11.4 Å². The molecule has 4 aromatic rings. The molecule has 2 amide bonds. The van der Waals surface area contributed by atoms with Crippen LogP contribution in [0.4, 0.5) is 5.69 Å². The first kappa shape index (κ1) is 25.8. The summed E-state index contributed by atoms with van der Waals surface area (Å²) in [5.74, 6) is -0.505. The number of carbonyl (C=O) groups is 3. The molecule has 38 heavy (non-hydrogen) atoms. The Kier molecular flexibility index (Phi) is 8.55. The predicted molar refractivity (Wildman–Crippen MR) is 148 cm³/mol. The van der Waals surface area contributed by atoms with Crippen LogP contribution in [0.3, 0.4) is 0 Å². The van der Waals surface area contributed by atoms with E-state index in [0.29, 0.717) is 28.1 Å². The van der Waals surface area contributed by atoms with Gasteiger partial charge in [-0.2, -0.15) is 0 Å². The molecule has 1 heterocycles. The van der Waals surface area contributed by atoms with E-state index in [9.17, 15) is 14.4 Å². The summed E-state index contributed by atoms with van der Waals surface area (Å²) in [4.78, 5) is 42.5. The largest absolute Gasteiger partial charge is 0.497 e. The van der Waals surface area contributed by atoms with Crippen LogP contribution in [0.2, 0.25) is 0 Å². The summed E-state index contributed by atoms with van der Waals surface area (Å²) >= 11 is 0. The van der Waals surface area contributed by atoms with Crippen molar-refractivity contribution in [3.63, 3.8) is 0 Å². The van der Waals surface area contributed by atoms with Gasteiger partial charge in [0.05, 0.1) is 7.11 Å². The van der Waals surface area contributed by atoms with Crippen LogP contribution in [0.25, 0.3) is 12.2 Å². The number of rotatable bonds is 9. The number of nitrogens with one attached hydrogen (secondary N) is 2. The molecule has 0 radical (unpaired) electrons. The van der Waals surface area contributed by atoms with Crippen molar-refractivity contribution in [1.29, 1.82) is 0 Å². The van der Waals surface area contributed by atoms with E-state index in [0.717, 1.165) is 5.56 Å². The van der Waals surface area contributed by atoms with Gasteiger partial charge in [-0.15, -0.1) is 0 Å². The number of allylic oxidation sites excluding steroid dienone is 1. The van der Waals surface area contributed by atoms with Gasteiger partial charge < -0.3 is 15.4 Å². The smallest absolute Gasteiger partial charge is 0.272 e. The third-order valence-corrected chi connectivity index (χ3v) is 5.47. The van der Waals surface area contributed by atoms with E-state index >= 15 is 0 Å². The van der Waals surface area contributed by atoms with Crippen molar-refractivity contribution in [3.8, 4) is 5.75 Å². The van der Waals surface area contributed by atoms with Gasteiger partial charge in [0.15, 0.2) is 5.78 Å². The van der Waals surface area contributed by atoms with Crippen LogP contribution in [0.15, 0.2) is 115 Å². The normalized spacial score (nSPS) is 11.1. The van der Waals surface area contributed by atoms with Crippen LogP contribution in [0.1, 0.15) is 31.8 Å². The van der Waals surface area contributed by atoms with Crippen molar-refractivity contribution in [2.24, 2.45) is 0 Å². The number of carbonyl (C=O) groups excluding carboxylic acids is 3. The van der Waals surface area contributed by atoms with Crippen LogP contribution < -0.4 is 15.4 Å². The highest BCUT2D eigenvalue weighted by Gasteiger charge is 2.15. The highest BCUT2D eigenvalue weighted by molar-refractivity contribution is 6.11. The molecule has 2 N–H and O–H groups in total. The van der Waals surface area contributed by atoms with E-state index in [4.69, 9.17) is 4.74 Å². The number of hydrogen-bond donors (Lipinski definition) is 2. The lowest BCUT2D eigenvalue weighted by Crippen LogP contribution is -2.30. The summed E-state index contributed by atoms with van der Waals surface area (Å²) in [6.45, 7) is 0.